The zero-order chi connectivity index (χ0) is 23.2. The molecule has 0 spiro atoms. The summed E-state index contributed by atoms with van der Waals surface area (Å²) < 4.78 is 25.3. The summed E-state index contributed by atoms with van der Waals surface area (Å²) in [6, 6.07) is 14.0. The van der Waals surface area contributed by atoms with E-state index >= 15 is 0 Å². The van der Waals surface area contributed by atoms with Gasteiger partial charge in [-0.15, -0.1) is 0 Å². The van der Waals surface area contributed by atoms with Gasteiger partial charge in [0.1, 0.15) is 5.82 Å². The summed E-state index contributed by atoms with van der Waals surface area (Å²) in [7, 11) is 0. The molecule has 33 heavy (non-hydrogen) atoms. The lowest BCUT2D eigenvalue weighted by molar-refractivity contribution is -0.158. The van der Waals surface area contributed by atoms with E-state index in [2.05, 4.69) is 10.2 Å². The summed E-state index contributed by atoms with van der Waals surface area (Å²) in [5.74, 6) is -0.444. The van der Waals surface area contributed by atoms with Crippen molar-refractivity contribution >= 4 is 17.5 Å². The van der Waals surface area contributed by atoms with E-state index in [0.717, 1.165) is 24.0 Å². The predicted molar refractivity (Wildman–Crippen MR) is 123 cm³/mol. The first kappa shape index (κ1) is 24.1. The summed E-state index contributed by atoms with van der Waals surface area (Å²) in [6.07, 6.45) is 0.845. The molecule has 2 heterocycles. The molecule has 6 nitrogen and oxygen atoms in total. The van der Waals surface area contributed by atoms with E-state index < -0.39 is 6.10 Å². The molecule has 2 aromatic rings. The van der Waals surface area contributed by atoms with Crippen molar-refractivity contribution in [2.75, 3.05) is 19.8 Å². The van der Waals surface area contributed by atoms with E-state index in [4.69, 9.17) is 21.1 Å². The quantitative estimate of drug-likeness (QED) is 0.669. The molecule has 0 saturated carbocycles. The Morgan fingerprint density at radius 3 is 2.79 bits per heavy atom. The minimum absolute atomic E-state index is 0.0746. The van der Waals surface area contributed by atoms with E-state index in [9.17, 15) is 14.3 Å². The molecule has 4 atom stereocenters. The number of hydrogen-bond acceptors (Lipinski definition) is 5. The average Bonchev–Trinajstić information content (AvgIpc) is 2.77. The van der Waals surface area contributed by atoms with Crippen LogP contribution in [0.5, 0.6) is 0 Å². The Kier molecular flexibility index (Phi) is 8.33. The van der Waals surface area contributed by atoms with Gasteiger partial charge >= 0.3 is 0 Å². The number of benzene rings is 2. The van der Waals surface area contributed by atoms with Gasteiger partial charge in [-0.1, -0.05) is 35.9 Å². The van der Waals surface area contributed by atoms with Gasteiger partial charge in [-0.05, 0) is 48.2 Å². The van der Waals surface area contributed by atoms with Crippen LogP contribution >= 0.6 is 11.6 Å². The second-order valence-corrected chi connectivity index (χ2v) is 9.24. The summed E-state index contributed by atoms with van der Waals surface area (Å²) in [6.45, 7) is 2.03. The van der Waals surface area contributed by atoms with Gasteiger partial charge in [0, 0.05) is 30.7 Å². The third kappa shape index (κ3) is 6.98. The van der Waals surface area contributed by atoms with Crippen molar-refractivity contribution in [1.82, 2.24) is 10.2 Å². The molecule has 0 radical (unpaired) electrons. The van der Waals surface area contributed by atoms with Crippen LogP contribution in [0.1, 0.15) is 30.4 Å². The topological polar surface area (TPSA) is 71.0 Å². The van der Waals surface area contributed by atoms with E-state index in [-0.39, 0.29) is 49.5 Å². The first-order valence-electron chi connectivity index (χ1n) is 11.4. The molecule has 2 fully saturated rings. The zero-order valence-electron chi connectivity index (χ0n) is 18.5. The van der Waals surface area contributed by atoms with Crippen molar-refractivity contribution in [3.63, 3.8) is 0 Å². The molecule has 8 heteroatoms. The fourth-order valence-electron chi connectivity index (χ4n) is 4.62. The van der Waals surface area contributed by atoms with Crippen LogP contribution in [-0.2, 0) is 27.4 Å². The molecule has 178 valence electrons. The highest BCUT2D eigenvalue weighted by Gasteiger charge is 2.38. The fraction of sp³-hybridized carbons (Fsp3) is 0.480. The van der Waals surface area contributed by atoms with E-state index in [1.807, 2.05) is 24.3 Å². The maximum atomic E-state index is 13.3. The molecule has 2 aromatic carbocycles. The highest BCUT2D eigenvalue weighted by molar-refractivity contribution is 6.30. The molecular formula is C25H30ClFN2O4. The van der Waals surface area contributed by atoms with Gasteiger partial charge in [0.05, 0.1) is 37.9 Å². The third-order valence-corrected chi connectivity index (χ3v) is 6.39. The maximum Gasteiger partial charge on any atom is 0.222 e. The second-order valence-electron chi connectivity index (χ2n) is 8.80. The number of ether oxygens (including phenoxy) is 2. The van der Waals surface area contributed by atoms with Gasteiger partial charge in [-0.2, -0.15) is 0 Å². The molecule has 0 bridgehead atoms. The van der Waals surface area contributed by atoms with Crippen LogP contribution in [0.15, 0.2) is 48.5 Å². The molecule has 2 saturated heterocycles. The normalized spacial score (nSPS) is 26.2. The smallest absolute Gasteiger partial charge is 0.222 e. The number of nitrogens with one attached hydrogen (secondary N) is 1. The van der Waals surface area contributed by atoms with Crippen LogP contribution in [-0.4, -0.2) is 60.0 Å². The Morgan fingerprint density at radius 2 is 1.97 bits per heavy atom. The van der Waals surface area contributed by atoms with Crippen molar-refractivity contribution in [2.45, 2.75) is 56.7 Å². The molecular weight excluding hydrogens is 447 g/mol. The van der Waals surface area contributed by atoms with Crippen LogP contribution in [0.2, 0.25) is 5.02 Å². The molecule has 2 N–H and O–H groups in total. The van der Waals surface area contributed by atoms with Gasteiger partial charge in [0.2, 0.25) is 5.91 Å². The lowest BCUT2D eigenvalue weighted by Crippen LogP contribution is -2.55. The Bertz CT molecular complexity index is 946. The largest absolute Gasteiger partial charge is 0.389 e. The monoisotopic (exact) mass is 476 g/mol. The van der Waals surface area contributed by atoms with Crippen molar-refractivity contribution in [1.29, 1.82) is 0 Å². The molecule has 0 aliphatic carbocycles. The first-order valence-corrected chi connectivity index (χ1v) is 11.7. The van der Waals surface area contributed by atoms with Gasteiger partial charge in [0.15, 0.2) is 0 Å². The number of carbonyl (C=O) groups is 1. The lowest BCUT2D eigenvalue weighted by Gasteiger charge is -2.44. The summed E-state index contributed by atoms with van der Waals surface area (Å²) in [4.78, 5) is 14.7. The Hall–Kier alpha value is -2.03. The molecule has 1 amide bonds. The number of hydrogen-bond donors (Lipinski definition) is 2. The van der Waals surface area contributed by atoms with Crippen molar-refractivity contribution in [3.8, 4) is 0 Å². The van der Waals surface area contributed by atoms with E-state index in [0.29, 0.717) is 24.7 Å². The minimum Gasteiger partial charge on any atom is -0.389 e. The summed E-state index contributed by atoms with van der Waals surface area (Å²) >= 11 is 6.16. The Labute approximate surface area is 198 Å². The Balaban J connectivity index is 1.34. The molecule has 0 unspecified atom stereocenters. The van der Waals surface area contributed by atoms with Crippen LogP contribution in [0, 0.1) is 5.82 Å². The molecule has 2 aliphatic rings. The van der Waals surface area contributed by atoms with Crippen LogP contribution < -0.4 is 5.32 Å². The van der Waals surface area contributed by atoms with Crippen LogP contribution in [0.3, 0.4) is 0 Å². The second kappa shape index (κ2) is 11.4. The number of carbonyl (C=O) groups excluding carboxylic acids is 1. The highest BCUT2D eigenvalue weighted by Crippen LogP contribution is 2.29. The van der Waals surface area contributed by atoms with E-state index in [1.165, 1.54) is 12.1 Å². The number of aliphatic hydroxyl groups excluding tert-OH is 1. The van der Waals surface area contributed by atoms with E-state index in [1.54, 1.807) is 12.1 Å². The number of aliphatic hydroxyl groups is 1. The zero-order valence-corrected chi connectivity index (χ0v) is 19.2. The fourth-order valence-corrected chi connectivity index (χ4v) is 4.84. The maximum absolute atomic E-state index is 13.3. The van der Waals surface area contributed by atoms with Crippen LogP contribution in [0.25, 0.3) is 0 Å². The van der Waals surface area contributed by atoms with Crippen LogP contribution in [0.4, 0.5) is 4.39 Å². The third-order valence-electron chi connectivity index (χ3n) is 6.15. The van der Waals surface area contributed by atoms with Gasteiger partial charge in [-0.25, -0.2) is 4.39 Å². The molecule has 4 rings (SSSR count). The number of rotatable bonds is 6. The lowest BCUT2D eigenvalue weighted by atomic mass is 9.94. The Morgan fingerprint density at radius 1 is 1.15 bits per heavy atom. The molecule has 2 aliphatic heterocycles. The first-order chi connectivity index (χ1) is 16.0. The van der Waals surface area contributed by atoms with Gasteiger partial charge < -0.3 is 19.9 Å². The number of fused-ring (bicyclic) bond motifs is 1. The number of halogens is 2. The SMILES string of the molecule is O=C(C[C@@H]1CC[C@@H]2[C@H](COC[C@H](O)CN2Cc2cccc(Cl)c2)O1)NCc1cccc(F)c1. The number of β-amino-alcohol motifs (C(OH)–C–C–N with tert-alkyl or cyclic N) is 1. The number of amides is 1. The predicted octanol–water partition coefficient (Wildman–Crippen LogP) is 3.29. The summed E-state index contributed by atoms with van der Waals surface area (Å²) in [5, 5.41) is 13.9. The van der Waals surface area contributed by atoms with Gasteiger partial charge in [-0.3, -0.25) is 9.69 Å². The molecule has 0 aromatic heterocycles. The van der Waals surface area contributed by atoms with Crippen molar-refractivity contribution < 1.29 is 23.8 Å². The van der Waals surface area contributed by atoms with Crippen molar-refractivity contribution in [2.24, 2.45) is 0 Å². The average molecular weight is 477 g/mol. The van der Waals surface area contributed by atoms with Crippen molar-refractivity contribution in [3.05, 3.63) is 70.5 Å². The minimum atomic E-state index is -0.573. The number of nitrogens with zero attached hydrogens (tertiary/aromatic N) is 1. The standard InChI is InChI=1S/C25H30ClFN2O4/c26-19-5-1-4-18(9-19)13-29-14-21(30)15-32-16-24-23(29)8-7-22(33-24)11-25(31)28-12-17-3-2-6-20(27)10-17/h1-6,9-10,21-24,30H,7-8,11-16H2,(H,28,31)/t21-,22+,23-,24+/m1/s1. The summed E-state index contributed by atoms with van der Waals surface area (Å²) in [5.41, 5.74) is 1.80. The highest BCUT2D eigenvalue weighted by atomic mass is 35.5. The van der Waals surface area contributed by atoms with Gasteiger partial charge in [0.25, 0.3) is 0 Å².